The highest BCUT2D eigenvalue weighted by Crippen LogP contribution is 2.30. The van der Waals surface area contributed by atoms with Gasteiger partial charge in [-0.15, -0.1) is 0 Å². The van der Waals surface area contributed by atoms with E-state index >= 15 is 0 Å². The van der Waals surface area contributed by atoms with Gasteiger partial charge in [0.05, 0.1) is 24.6 Å². The van der Waals surface area contributed by atoms with E-state index in [2.05, 4.69) is 52.8 Å². The summed E-state index contributed by atoms with van der Waals surface area (Å²) in [5, 5.41) is 0. The Labute approximate surface area is 149 Å². The standard InChI is InChI=1S/C20H26N4O/c1-22(2)11-19-13-23(12-18-10-21-14-24(18)19)20(25)9-15-7-16-5-3-4-6-17(16)8-15/h3-6,10,14-15,19H,7-9,11-13H2,1-2H3/t19-/m0/s1. The van der Waals surface area contributed by atoms with Crippen LogP contribution in [0, 0.1) is 5.92 Å². The van der Waals surface area contributed by atoms with E-state index in [0.29, 0.717) is 18.9 Å². The van der Waals surface area contributed by atoms with Gasteiger partial charge < -0.3 is 14.4 Å². The molecular formula is C20H26N4O. The molecule has 0 saturated heterocycles. The first-order valence-corrected chi connectivity index (χ1v) is 9.10. The number of aromatic nitrogens is 2. The third kappa shape index (κ3) is 3.33. The van der Waals surface area contributed by atoms with Gasteiger partial charge in [-0.25, -0.2) is 4.98 Å². The summed E-state index contributed by atoms with van der Waals surface area (Å²) in [6.07, 6.45) is 6.52. The molecule has 1 aliphatic heterocycles. The summed E-state index contributed by atoms with van der Waals surface area (Å²) < 4.78 is 2.23. The number of hydrogen-bond acceptors (Lipinski definition) is 3. The molecule has 1 amide bonds. The van der Waals surface area contributed by atoms with Gasteiger partial charge in [0, 0.05) is 25.7 Å². The Morgan fingerprint density at radius 2 is 1.96 bits per heavy atom. The van der Waals surface area contributed by atoms with E-state index in [1.54, 1.807) is 0 Å². The van der Waals surface area contributed by atoms with Crippen molar-refractivity contribution in [2.75, 3.05) is 27.2 Å². The van der Waals surface area contributed by atoms with Gasteiger partial charge in [0.2, 0.25) is 5.91 Å². The predicted molar refractivity (Wildman–Crippen MR) is 97.2 cm³/mol. The van der Waals surface area contributed by atoms with Crippen molar-refractivity contribution in [2.45, 2.75) is 31.8 Å². The molecular weight excluding hydrogens is 312 g/mol. The van der Waals surface area contributed by atoms with Gasteiger partial charge in [0.25, 0.3) is 0 Å². The molecule has 1 atom stereocenters. The molecule has 0 unspecified atom stereocenters. The smallest absolute Gasteiger partial charge is 0.223 e. The van der Waals surface area contributed by atoms with Crippen molar-refractivity contribution >= 4 is 5.91 Å². The average molecular weight is 338 g/mol. The average Bonchev–Trinajstić information content (AvgIpc) is 3.19. The molecule has 0 saturated carbocycles. The maximum absolute atomic E-state index is 13.0. The summed E-state index contributed by atoms with van der Waals surface area (Å²) in [4.78, 5) is 21.5. The number of imidazole rings is 1. The minimum atomic E-state index is 0.283. The third-order valence-corrected chi connectivity index (χ3v) is 5.45. The lowest BCUT2D eigenvalue weighted by Gasteiger charge is -2.36. The first kappa shape index (κ1) is 16.3. The van der Waals surface area contributed by atoms with Gasteiger partial charge in [0.1, 0.15) is 0 Å². The SMILES string of the molecule is CN(C)C[C@H]1CN(C(=O)CC2Cc3ccccc3C2)Cc2cncn21. The molecule has 1 aromatic carbocycles. The van der Waals surface area contributed by atoms with Crippen LogP contribution in [0.1, 0.15) is 29.3 Å². The zero-order valence-corrected chi connectivity index (χ0v) is 15.1. The number of fused-ring (bicyclic) bond motifs is 2. The van der Waals surface area contributed by atoms with Crippen LogP contribution in [0.25, 0.3) is 0 Å². The summed E-state index contributed by atoms with van der Waals surface area (Å²) >= 11 is 0. The van der Waals surface area contributed by atoms with Crippen LogP contribution < -0.4 is 0 Å². The van der Waals surface area contributed by atoms with E-state index in [-0.39, 0.29) is 11.9 Å². The van der Waals surface area contributed by atoms with E-state index < -0.39 is 0 Å². The maximum Gasteiger partial charge on any atom is 0.223 e. The third-order valence-electron chi connectivity index (χ3n) is 5.45. The van der Waals surface area contributed by atoms with Crippen LogP contribution in [0.4, 0.5) is 0 Å². The van der Waals surface area contributed by atoms with E-state index in [9.17, 15) is 4.79 Å². The second-order valence-electron chi connectivity index (χ2n) is 7.73. The van der Waals surface area contributed by atoms with Crippen LogP contribution in [0.15, 0.2) is 36.8 Å². The number of hydrogen-bond donors (Lipinski definition) is 0. The van der Waals surface area contributed by atoms with Crippen LogP contribution in [0.5, 0.6) is 0 Å². The van der Waals surface area contributed by atoms with Crippen molar-refractivity contribution in [1.29, 1.82) is 0 Å². The van der Waals surface area contributed by atoms with Crippen molar-refractivity contribution in [3.8, 4) is 0 Å². The zero-order valence-electron chi connectivity index (χ0n) is 15.1. The monoisotopic (exact) mass is 338 g/mol. The van der Waals surface area contributed by atoms with Crippen LogP contribution in [-0.2, 0) is 24.2 Å². The van der Waals surface area contributed by atoms with Crippen LogP contribution in [0.2, 0.25) is 0 Å². The minimum absolute atomic E-state index is 0.283. The number of rotatable bonds is 4. The molecule has 25 heavy (non-hydrogen) atoms. The normalized spacial score (nSPS) is 20.0. The predicted octanol–water partition coefficient (Wildman–Crippen LogP) is 2.13. The fourth-order valence-corrected chi connectivity index (χ4v) is 4.31. The Kier molecular flexibility index (Phi) is 4.34. The topological polar surface area (TPSA) is 41.4 Å². The summed E-state index contributed by atoms with van der Waals surface area (Å²) in [7, 11) is 4.15. The molecule has 2 heterocycles. The molecule has 0 N–H and O–H groups in total. The Hall–Kier alpha value is -2.14. The first-order valence-electron chi connectivity index (χ1n) is 9.10. The van der Waals surface area contributed by atoms with Crippen molar-refractivity contribution < 1.29 is 4.79 Å². The zero-order chi connectivity index (χ0) is 17.4. The quantitative estimate of drug-likeness (QED) is 0.858. The molecule has 0 spiro atoms. The maximum atomic E-state index is 13.0. The van der Waals surface area contributed by atoms with Crippen molar-refractivity contribution in [3.05, 3.63) is 53.6 Å². The van der Waals surface area contributed by atoms with Gasteiger partial charge in [-0.05, 0) is 44.0 Å². The van der Waals surface area contributed by atoms with Gasteiger partial charge in [-0.1, -0.05) is 24.3 Å². The van der Waals surface area contributed by atoms with Crippen molar-refractivity contribution in [3.63, 3.8) is 0 Å². The molecule has 4 rings (SSSR count). The highest BCUT2D eigenvalue weighted by molar-refractivity contribution is 5.76. The molecule has 1 aromatic heterocycles. The summed E-state index contributed by atoms with van der Waals surface area (Å²) in [5.41, 5.74) is 3.98. The molecule has 0 radical (unpaired) electrons. The Bertz CT molecular complexity index is 742. The van der Waals surface area contributed by atoms with Gasteiger partial charge in [-0.3, -0.25) is 4.79 Å². The fourth-order valence-electron chi connectivity index (χ4n) is 4.31. The number of benzene rings is 1. The van der Waals surface area contributed by atoms with E-state index in [4.69, 9.17) is 0 Å². The van der Waals surface area contributed by atoms with Crippen LogP contribution in [0.3, 0.4) is 0 Å². The number of likely N-dealkylation sites (N-methyl/N-ethyl adjacent to an activating group) is 1. The lowest BCUT2D eigenvalue weighted by Crippen LogP contribution is -2.44. The van der Waals surface area contributed by atoms with E-state index in [0.717, 1.165) is 31.6 Å². The van der Waals surface area contributed by atoms with Crippen molar-refractivity contribution in [1.82, 2.24) is 19.4 Å². The van der Waals surface area contributed by atoms with Gasteiger partial charge >= 0.3 is 0 Å². The highest BCUT2D eigenvalue weighted by atomic mass is 16.2. The molecule has 2 aromatic rings. The van der Waals surface area contributed by atoms with Gasteiger partial charge in [0.15, 0.2) is 0 Å². The molecule has 5 heteroatoms. The minimum Gasteiger partial charge on any atom is -0.335 e. The fraction of sp³-hybridized carbons (Fsp3) is 0.500. The summed E-state index contributed by atoms with van der Waals surface area (Å²) in [6, 6.07) is 8.88. The van der Waals surface area contributed by atoms with Crippen molar-refractivity contribution in [2.24, 2.45) is 5.92 Å². The largest absolute Gasteiger partial charge is 0.335 e. The second kappa shape index (κ2) is 6.64. The highest BCUT2D eigenvalue weighted by Gasteiger charge is 2.31. The summed E-state index contributed by atoms with van der Waals surface area (Å²) in [5.74, 6) is 0.734. The second-order valence-corrected chi connectivity index (χ2v) is 7.73. The molecule has 5 nitrogen and oxygen atoms in total. The molecule has 1 aliphatic carbocycles. The molecule has 132 valence electrons. The first-order chi connectivity index (χ1) is 12.1. The van der Waals surface area contributed by atoms with E-state index in [1.165, 1.54) is 11.1 Å². The van der Waals surface area contributed by atoms with Gasteiger partial charge in [-0.2, -0.15) is 0 Å². The number of nitrogens with zero attached hydrogens (tertiary/aromatic N) is 4. The summed E-state index contributed by atoms with van der Waals surface area (Å²) in [6.45, 7) is 2.38. The number of carbonyl (C=O) groups is 1. The van der Waals surface area contributed by atoms with Crippen LogP contribution >= 0.6 is 0 Å². The molecule has 2 aliphatic rings. The lowest BCUT2D eigenvalue weighted by molar-refractivity contribution is -0.134. The Morgan fingerprint density at radius 1 is 1.24 bits per heavy atom. The molecule has 0 bridgehead atoms. The lowest BCUT2D eigenvalue weighted by atomic mass is 10.0. The number of carbonyl (C=O) groups excluding carboxylic acids is 1. The molecule has 0 fully saturated rings. The Balaban J connectivity index is 1.43. The Morgan fingerprint density at radius 3 is 2.64 bits per heavy atom. The van der Waals surface area contributed by atoms with Crippen LogP contribution in [-0.4, -0.2) is 52.4 Å². The van der Waals surface area contributed by atoms with E-state index in [1.807, 2.05) is 17.4 Å². The number of amides is 1.